The molecular formula is C14H16ClNO4. The number of carboxylic acids is 1. The van der Waals surface area contributed by atoms with Crippen molar-refractivity contribution in [2.75, 3.05) is 12.4 Å². The number of rotatable bonds is 5. The summed E-state index contributed by atoms with van der Waals surface area (Å²) in [6, 6.07) is 4.59. The molecule has 0 bridgehead atoms. The highest BCUT2D eigenvalue weighted by molar-refractivity contribution is 6.34. The fraction of sp³-hybridized carbons (Fsp3) is 0.429. The van der Waals surface area contributed by atoms with Gasteiger partial charge >= 0.3 is 5.97 Å². The molecule has 20 heavy (non-hydrogen) atoms. The van der Waals surface area contributed by atoms with E-state index in [0.717, 1.165) is 19.3 Å². The molecule has 1 fully saturated rings. The summed E-state index contributed by atoms with van der Waals surface area (Å²) in [5.74, 6) is -1.44. The third-order valence-electron chi connectivity index (χ3n) is 3.68. The van der Waals surface area contributed by atoms with Gasteiger partial charge in [-0.15, -0.1) is 0 Å². The van der Waals surface area contributed by atoms with Crippen LogP contribution >= 0.6 is 11.6 Å². The smallest absolute Gasteiger partial charge is 0.339 e. The summed E-state index contributed by atoms with van der Waals surface area (Å²) in [5.41, 5.74) is -0.283. The number of anilines is 1. The lowest BCUT2D eigenvalue weighted by atomic mass is 9.77. The van der Waals surface area contributed by atoms with Crippen molar-refractivity contribution in [2.24, 2.45) is 0 Å². The minimum atomic E-state index is -1.17. The first kappa shape index (κ1) is 14.8. The van der Waals surface area contributed by atoms with E-state index in [1.165, 1.54) is 12.1 Å². The van der Waals surface area contributed by atoms with Crippen LogP contribution in [0.2, 0.25) is 5.02 Å². The molecular weight excluding hydrogens is 282 g/mol. The minimum absolute atomic E-state index is 0.0948. The van der Waals surface area contributed by atoms with Gasteiger partial charge in [-0.05, 0) is 31.4 Å². The van der Waals surface area contributed by atoms with E-state index in [0.29, 0.717) is 0 Å². The maximum atomic E-state index is 12.0. The number of aromatic carboxylic acids is 1. The molecule has 2 rings (SSSR count). The monoisotopic (exact) mass is 297 g/mol. The van der Waals surface area contributed by atoms with Crippen LogP contribution in [0, 0.1) is 0 Å². The molecule has 1 aliphatic rings. The first-order valence-electron chi connectivity index (χ1n) is 6.34. The summed E-state index contributed by atoms with van der Waals surface area (Å²) < 4.78 is 5.38. The van der Waals surface area contributed by atoms with E-state index in [-0.39, 0.29) is 28.6 Å². The van der Waals surface area contributed by atoms with E-state index in [2.05, 4.69) is 5.32 Å². The number of benzene rings is 1. The zero-order chi connectivity index (χ0) is 14.8. The van der Waals surface area contributed by atoms with Crippen LogP contribution in [0.15, 0.2) is 18.2 Å². The molecule has 6 heteroatoms. The van der Waals surface area contributed by atoms with E-state index in [1.807, 2.05) is 0 Å². The third kappa shape index (κ3) is 2.94. The molecule has 0 unspecified atom stereocenters. The number of hydrogen-bond acceptors (Lipinski definition) is 3. The average molecular weight is 298 g/mol. The van der Waals surface area contributed by atoms with Crippen LogP contribution in [0.3, 0.4) is 0 Å². The lowest BCUT2D eigenvalue weighted by molar-refractivity contribution is -0.129. The number of hydrogen-bond donors (Lipinski definition) is 2. The number of methoxy groups -OCH3 is 1. The summed E-state index contributed by atoms with van der Waals surface area (Å²) in [6.07, 6.45) is 2.95. The Morgan fingerprint density at radius 1 is 1.45 bits per heavy atom. The van der Waals surface area contributed by atoms with Crippen LogP contribution < -0.4 is 5.32 Å². The number of amides is 1. The molecule has 0 aromatic heterocycles. The molecule has 108 valence electrons. The highest BCUT2D eigenvalue weighted by Crippen LogP contribution is 2.38. The van der Waals surface area contributed by atoms with Gasteiger partial charge in [-0.25, -0.2) is 4.79 Å². The highest BCUT2D eigenvalue weighted by atomic mass is 35.5. The van der Waals surface area contributed by atoms with E-state index < -0.39 is 11.6 Å². The van der Waals surface area contributed by atoms with Gasteiger partial charge in [-0.2, -0.15) is 0 Å². The van der Waals surface area contributed by atoms with Gasteiger partial charge in [0.1, 0.15) is 5.56 Å². The van der Waals surface area contributed by atoms with Crippen LogP contribution in [0.25, 0.3) is 0 Å². The quantitative estimate of drug-likeness (QED) is 0.876. The zero-order valence-corrected chi connectivity index (χ0v) is 11.9. The lowest BCUT2D eigenvalue weighted by Crippen LogP contribution is -2.42. The Morgan fingerprint density at radius 2 is 2.15 bits per heavy atom. The molecule has 0 heterocycles. The predicted octanol–water partition coefficient (Wildman–Crippen LogP) is 2.94. The summed E-state index contributed by atoms with van der Waals surface area (Å²) in [5, 5.41) is 11.8. The topological polar surface area (TPSA) is 75.6 Å². The summed E-state index contributed by atoms with van der Waals surface area (Å²) in [7, 11) is 1.59. The first-order valence-corrected chi connectivity index (χ1v) is 6.72. The Labute approximate surface area is 121 Å². The predicted molar refractivity (Wildman–Crippen MR) is 75.2 cm³/mol. The van der Waals surface area contributed by atoms with Crippen LogP contribution in [0.1, 0.15) is 36.0 Å². The Kier molecular flexibility index (Phi) is 4.30. The molecule has 5 nitrogen and oxygen atoms in total. The number of carboxylic acid groups (broad SMARTS) is 1. The van der Waals surface area contributed by atoms with Crippen LogP contribution in [0.5, 0.6) is 0 Å². The molecule has 0 spiro atoms. The van der Waals surface area contributed by atoms with Crippen LogP contribution in [-0.2, 0) is 9.53 Å². The van der Waals surface area contributed by atoms with E-state index in [1.54, 1.807) is 13.2 Å². The number of carbonyl (C=O) groups excluding carboxylic acids is 1. The summed E-state index contributed by atoms with van der Waals surface area (Å²) >= 11 is 5.85. The number of carbonyl (C=O) groups is 2. The molecule has 0 radical (unpaired) electrons. The van der Waals surface area contributed by atoms with Crippen molar-refractivity contribution >= 4 is 29.2 Å². The van der Waals surface area contributed by atoms with E-state index in [9.17, 15) is 9.59 Å². The molecule has 1 saturated carbocycles. The zero-order valence-electron chi connectivity index (χ0n) is 11.1. The minimum Gasteiger partial charge on any atom is -0.478 e. The molecule has 2 N–H and O–H groups in total. The van der Waals surface area contributed by atoms with Gasteiger partial charge in [0.25, 0.3) is 0 Å². The molecule has 0 atom stereocenters. The van der Waals surface area contributed by atoms with Gasteiger partial charge in [0.15, 0.2) is 0 Å². The molecule has 0 aliphatic heterocycles. The number of nitrogens with one attached hydrogen (secondary N) is 1. The normalized spacial score (nSPS) is 16.3. The van der Waals surface area contributed by atoms with Gasteiger partial charge in [-0.3, -0.25) is 4.79 Å². The van der Waals surface area contributed by atoms with Crippen molar-refractivity contribution in [2.45, 2.75) is 31.3 Å². The van der Waals surface area contributed by atoms with Crippen LogP contribution in [-0.4, -0.2) is 29.7 Å². The summed E-state index contributed by atoms with van der Waals surface area (Å²) in [6.45, 7) is 0. The van der Waals surface area contributed by atoms with Gasteiger partial charge in [0.05, 0.1) is 22.7 Å². The molecule has 1 aromatic carbocycles. The molecule has 0 saturated heterocycles. The molecule has 1 aliphatic carbocycles. The maximum absolute atomic E-state index is 12.0. The SMILES string of the molecule is COC1(CC(=O)Nc2cccc(Cl)c2C(=O)O)CCC1. The standard InChI is InChI=1S/C14H16ClNO4/c1-20-14(6-3-7-14)8-11(17)16-10-5-2-4-9(15)12(10)13(18)19/h2,4-5H,3,6-8H2,1H3,(H,16,17)(H,18,19). The Bertz CT molecular complexity index is 534. The van der Waals surface area contributed by atoms with Gasteiger partial charge < -0.3 is 15.2 Å². The van der Waals surface area contributed by atoms with Gasteiger partial charge in [-0.1, -0.05) is 17.7 Å². The fourth-order valence-corrected chi connectivity index (χ4v) is 2.61. The second-order valence-corrected chi connectivity index (χ2v) is 5.34. The van der Waals surface area contributed by atoms with Gasteiger partial charge in [0.2, 0.25) is 5.91 Å². The fourth-order valence-electron chi connectivity index (χ4n) is 2.36. The summed E-state index contributed by atoms with van der Waals surface area (Å²) in [4.78, 5) is 23.2. The first-order chi connectivity index (χ1) is 9.47. The lowest BCUT2D eigenvalue weighted by Gasteiger charge is -2.39. The largest absolute Gasteiger partial charge is 0.478 e. The van der Waals surface area contributed by atoms with Crippen molar-refractivity contribution in [1.82, 2.24) is 0 Å². The Morgan fingerprint density at radius 3 is 2.65 bits per heavy atom. The van der Waals surface area contributed by atoms with Crippen molar-refractivity contribution < 1.29 is 19.4 Å². The Balaban J connectivity index is 2.12. The average Bonchev–Trinajstić information content (AvgIpc) is 2.33. The van der Waals surface area contributed by atoms with Crippen molar-refractivity contribution in [3.8, 4) is 0 Å². The van der Waals surface area contributed by atoms with Crippen molar-refractivity contribution in [3.63, 3.8) is 0 Å². The number of ether oxygens (including phenoxy) is 1. The van der Waals surface area contributed by atoms with Crippen molar-refractivity contribution in [1.29, 1.82) is 0 Å². The Hall–Kier alpha value is -1.59. The highest BCUT2D eigenvalue weighted by Gasteiger charge is 2.39. The maximum Gasteiger partial charge on any atom is 0.339 e. The van der Waals surface area contributed by atoms with E-state index in [4.69, 9.17) is 21.4 Å². The van der Waals surface area contributed by atoms with Crippen LogP contribution in [0.4, 0.5) is 5.69 Å². The van der Waals surface area contributed by atoms with Gasteiger partial charge in [0, 0.05) is 7.11 Å². The molecule has 1 aromatic rings. The van der Waals surface area contributed by atoms with E-state index >= 15 is 0 Å². The molecule has 1 amide bonds. The number of halogens is 1. The second-order valence-electron chi connectivity index (χ2n) is 4.93. The second kappa shape index (κ2) is 5.81. The van der Waals surface area contributed by atoms with Crippen molar-refractivity contribution in [3.05, 3.63) is 28.8 Å². The third-order valence-corrected chi connectivity index (χ3v) is 4.00.